The molecule has 0 aliphatic rings. The van der Waals surface area contributed by atoms with E-state index >= 15 is 0 Å². The average Bonchev–Trinajstić information content (AvgIpc) is 2.21. The summed E-state index contributed by atoms with van der Waals surface area (Å²) in [6.07, 6.45) is 4.59. The van der Waals surface area contributed by atoms with E-state index in [1.165, 1.54) is 6.20 Å². The Morgan fingerprint density at radius 1 is 1.73 bits per heavy atom. The van der Waals surface area contributed by atoms with Gasteiger partial charge in [-0.3, -0.25) is 9.78 Å². The fourth-order valence-corrected chi connectivity index (χ4v) is 1.29. The van der Waals surface area contributed by atoms with Gasteiger partial charge in [0.1, 0.15) is 0 Å². The molecule has 0 saturated heterocycles. The Labute approximate surface area is 93.8 Å². The van der Waals surface area contributed by atoms with Crippen LogP contribution in [0.15, 0.2) is 18.5 Å². The lowest BCUT2D eigenvalue weighted by Crippen LogP contribution is -2.35. The molecular formula is C10H14ClN3O. The minimum absolute atomic E-state index is 0.230. The molecule has 0 aliphatic carbocycles. The smallest absolute Gasteiger partial charge is 0.241 e. The molecule has 0 aliphatic heterocycles. The number of hydrogen-bond acceptors (Lipinski definition) is 3. The van der Waals surface area contributed by atoms with Gasteiger partial charge in [-0.15, -0.1) is 0 Å². The van der Waals surface area contributed by atoms with Gasteiger partial charge in [0, 0.05) is 6.20 Å². The van der Waals surface area contributed by atoms with E-state index < -0.39 is 6.04 Å². The first-order chi connectivity index (χ1) is 7.15. The van der Waals surface area contributed by atoms with Gasteiger partial charge in [-0.25, -0.2) is 0 Å². The van der Waals surface area contributed by atoms with Crippen LogP contribution in [0.2, 0.25) is 5.02 Å². The summed E-state index contributed by atoms with van der Waals surface area (Å²) in [6, 6.07) is 1.12. The van der Waals surface area contributed by atoms with Crippen molar-refractivity contribution in [1.82, 2.24) is 4.98 Å². The first kappa shape index (κ1) is 11.9. The number of nitrogens with two attached hydrogens (primary N) is 1. The van der Waals surface area contributed by atoms with E-state index in [2.05, 4.69) is 10.3 Å². The monoisotopic (exact) mass is 227 g/mol. The van der Waals surface area contributed by atoms with Crippen molar-refractivity contribution in [2.45, 2.75) is 25.8 Å². The number of halogens is 1. The summed E-state index contributed by atoms with van der Waals surface area (Å²) in [4.78, 5) is 15.4. The van der Waals surface area contributed by atoms with E-state index in [-0.39, 0.29) is 5.91 Å². The second kappa shape index (κ2) is 5.68. The van der Waals surface area contributed by atoms with Crippen molar-refractivity contribution in [3.63, 3.8) is 0 Å². The summed E-state index contributed by atoms with van der Waals surface area (Å²) in [5.74, 6) is -0.230. The fraction of sp³-hybridized carbons (Fsp3) is 0.400. The maximum absolute atomic E-state index is 11.5. The van der Waals surface area contributed by atoms with Gasteiger partial charge in [0.2, 0.25) is 5.91 Å². The third-order valence-corrected chi connectivity index (χ3v) is 2.29. The van der Waals surface area contributed by atoms with E-state index in [1.54, 1.807) is 12.3 Å². The van der Waals surface area contributed by atoms with Crippen LogP contribution in [-0.4, -0.2) is 16.9 Å². The van der Waals surface area contributed by atoms with E-state index in [4.69, 9.17) is 17.3 Å². The van der Waals surface area contributed by atoms with Crippen LogP contribution in [0.5, 0.6) is 0 Å². The second-order valence-electron chi connectivity index (χ2n) is 3.24. The lowest BCUT2D eigenvalue weighted by Gasteiger charge is -2.11. The maximum atomic E-state index is 11.5. The maximum Gasteiger partial charge on any atom is 0.241 e. The van der Waals surface area contributed by atoms with Gasteiger partial charge in [0.25, 0.3) is 0 Å². The molecule has 1 aromatic rings. The van der Waals surface area contributed by atoms with Gasteiger partial charge in [-0.2, -0.15) is 0 Å². The lowest BCUT2D eigenvalue weighted by atomic mass is 10.1. The van der Waals surface area contributed by atoms with Crippen LogP contribution in [0.1, 0.15) is 19.8 Å². The van der Waals surface area contributed by atoms with Crippen LogP contribution in [0.3, 0.4) is 0 Å². The zero-order valence-corrected chi connectivity index (χ0v) is 9.29. The predicted octanol–water partition coefficient (Wildman–Crippen LogP) is 1.80. The highest BCUT2D eigenvalue weighted by atomic mass is 35.5. The SMILES string of the molecule is CCC[C@H](N)C(=O)Nc1cnccc1Cl. The number of nitrogens with zero attached hydrogens (tertiary/aromatic N) is 1. The van der Waals surface area contributed by atoms with Gasteiger partial charge in [0.15, 0.2) is 0 Å². The minimum atomic E-state index is -0.494. The first-order valence-electron chi connectivity index (χ1n) is 4.81. The molecule has 0 unspecified atom stereocenters. The number of aromatic nitrogens is 1. The number of anilines is 1. The number of rotatable bonds is 4. The fourth-order valence-electron chi connectivity index (χ4n) is 1.14. The van der Waals surface area contributed by atoms with E-state index in [0.717, 1.165) is 6.42 Å². The molecular weight excluding hydrogens is 214 g/mol. The first-order valence-corrected chi connectivity index (χ1v) is 5.19. The number of carbonyl (C=O) groups is 1. The van der Waals surface area contributed by atoms with Crippen LogP contribution in [0.4, 0.5) is 5.69 Å². The van der Waals surface area contributed by atoms with E-state index in [0.29, 0.717) is 17.1 Å². The summed E-state index contributed by atoms with van der Waals surface area (Å²) >= 11 is 5.85. The average molecular weight is 228 g/mol. The number of amides is 1. The van der Waals surface area contributed by atoms with Crippen molar-refractivity contribution < 1.29 is 4.79 Å². The molecule has 1 heterocycles. The molecule has 0 spiro atoms. The molecule has 1 rings (SSSR count). The normalized spacial score (nSPS) is 12.2. The molecule has 1 aromatic heterocycles. The third kappa shape index (κ3) is 3.49. The zero-order chi connectivity index (χ0) is 11.3. The van der Waals surface area contributed by atoms with Gasteiger partial charge in [-0.05, 0) is 12.5 Å². The van der Waals surface area contributed by atoms with Crippen molar-refractivity contribution in [3.8, 4) is 0 Å². The van der Waals surface area contributed by atoms with Crippen LogP contribution < -0.4 is 11.1 Å². The van der Waals surface area contributed by atoms with Crippen LogP contribution >= 0.6 is 11.6 Å². The Bertz CT molecular complexity index is 343. The Hall–Kier alpha value is -1.13. The minimum Gasteiger partial charge on any atom is -0.322 e. The van der Waals surface area contributed by atoms with Gasteiger partial charge < -0.3 is 11.1 Å². The Kier molecular flexibility index (Phi) is 4.52. The summed E-state index contributed by atoms with van der Waals surface area (Å²) in [5, 5.41) is 3.10. The van der Waals surface area contributed by atoms with Crippen LogP contribution in [0, 0.1) is 0 Å². The van der Waals surface area contributed by atoms with Gasteiger partial charge in [-0.1, -0.05) is 24.9 Å². The molecule has 3 N–H and O–H groups in total. The molecule has 82 valence electrons. The van der Waals surface area contributed by atoms with E-state index in [9.17, 15) is 4.79 Å². The predicted molar refractivity (Wildman–Crippen MR) is 60.8 cm³/mol. The van der Waals surface area contributed by atoms with Crippen LogP contribution in [-0.2, 0) is 4.79 Å². The molecule has 0 saturated carbocycles. The van der Waals surface area contributed by atoms with Gasteiger partial charge in [0.05, 0.1) is 22.9 Å². The highest BCUT2D eigenvalue weighted by molar-refractivity contribution is 6.33. The highest BCUT2D eigenvalue weighted by Crippen LogP contribution is 2.19. The molecule has 0 radical (unpaired) electrons. The van der Waals surface area contributed by atoms with E-state index in [1.807, 2.05) is 6.92 Å². The van der Waals surface area contributed by atoms with Crippen molar-refractivity contribution in [1.29, 1.82) is 0 Å². The number of hydrogen-bond donors (Lipinski definition) is 2. The van der Waals surface area contributed by atoms with Gasteiger partial charge >= 0.3 is 0 Å². The quantitative estimate of drug-likeness (QED) is 0.824. The molecule has 5 heteroatoms. The summed E-state index contributed by atoms with van der Waals surface area (Å²) in [6.45, 7) is 1.98. The number of nitrogens with one attached hydrogen (secondary N) is 1. The Balaban J connectivity index is 2.62. The van der Waals surface area contributed by atoms with Crippen molar-refractivity contribution in [2.24, 2.45) is 5.73 Å². The molecule has 4 nitrogen and oxygen atoms in total. The second-order valence-corrected chi connectivity index (χ2v) is 3.65. The molecule has 1 atom stereocenters. The largest absolute Gasteiger partial charge is 0.322 e. The number of carbonyl (C=O) groups excluding carboxylic acids is 1. The van der Waals surface area contributed by atoms with Crippen molar-refractivity contribution >= 4 is 23.2 Å². The zero-order valence-electron chi connectivity index (χ0n) is 8.53. The molecule has 0 aromatic carbocycles. The third-order valence-electron chi connectivity index (χ3n) is 1.96. The molecule has 15 heavy (non-hydrogen) atoms. The summed E-state index contributed by atoms with van der Waals surface area (Å²) in [7, 11) is 0. The molecule has 1 amide bonds. The van der Waals surface area contributed by atoms with Crippen molar-refractivity contribution in [3.05, 3.63) is 23.5 Å². The van der Waals surface area contributed by atoms with Crippen LogP contribution in [0.25, 0.3) is 0 Å². The summed E-state index contributed by atoms with van der Waals surface area (Å²) in [5.41, 5.74) is 6.15. The Morgan fingerprint density at radius 3 is 3.07 bits per heavy atom. The molecule has 0 fully saturated rings. The summed E-state index contributed by atoms with van der Waals surface area (Å²) < 4.78 is 0. The highest BCUT2D eigenvalue weighted by Gasteiger charge is 2.13. The standard InChI is InChI=1S/C10H14ClN3O/c1-2-3-8(12)10(15)14-9-6-13-5-4-7(9)11/h4-6,8H,2-3,12H2,1H3,(H,14,15)/t8-/m0/s1. The molecule has 0 bridgehead atoms. The number of pyridine rings is 1. The topological polar surface area (TPSA) is 68.0 Å². The van der Waals surface area contributed by atoms with Crippen molar-refractivity contribution in [2.75, 3.05) is 5.32 Å². The Morgan fingerprint density at radius 2 is 2.47 bits per heavy atom. The lowest BCUT2D eigenvalue weighted by molar-refractivity contribution is -0.117.